The summed E-state index contributed by atoms with van der Waals surface area (Å²) in [6.07, 6.45) is 7.04. The van der Waals surface area contributed by atoms with E-state index in [-0.39, 0.29) is 30.9 Å². The highest BCUT2D eigenvalue weighted by Gasteiger charge is 2.06. The van der Waals surface area contributed by atoms with E-state index in [1.165, 1.54) is 32.6 Å². The molecule has 7 nitrogen and oxygen atoms in total. The highest BCUT2D eigenvalue weighted by Crippen LogP contribution is 2.05. The van der Waals surface area contributed by atoms with Crippen LogP contribution in [-0.2, 0) is 32.2 Å². The first-order valence-corrected chi connectivity index (χ1v) is 10.4. The zero-order valence-corrected chi connectivity index (χ0v) is 17.7. The van der Waals surface area contributed by atoms with Crippen LogP contribution in [0.25, 0.3) is 0 Å². The van der Waals surface area contributed by atoms with Crippen LogP contribution in [0.2, 0.25) is 0 Å². The third-order valence-electron chi connectivity index (χ3n) is 4.34. The first-order chi connectivity index (χ1) is 14.0. The molecule has 7 heteroatoms. The number of benzene rings is 1. The quantitative estimate of drug-likeness (QED) is 0.391. The summed E-state index contributed by atoms with van der Waals surface area (Å²) < 4.78 is 5.17. The van der Waals surface area contributed by atoms with Gasteiger partial charge in [0.1, 0.15) is 13.2 Å². The fourth-order valence-corrected chi connectivity index (χ4v) is 2.75. The molecule has 0 radical (unpaired) electrons. The minimum Gasteiger partial charge on any atom is -0.362 e. The van der Waals surface area contributed by atoms with Gasteiger partial charge >= 0.3 is 0 Å². The maximum atomic E-state index is 11.9. The second-order valence-electron chi connectivity index (χ2n) is 7.12. The Balaban J connectivity index is 2.11. The van der Waals surface area contributed by atoms with Gasteiger partial charge in [-0.1, -0.05) is 63.3 Å². The molecule has 1 rings (SSSR count). The van der Waals surface area contributed by atoms with Crippen molar-refractivity contribution < 1.29 is 19.1 Å². The first-order valence-electron chi connectivity index (χ1n) is 10.4. The monoisotopic (exact) mass is 405 g/mol. The number of carbonyl (C=O) groups excluding carboxylic acids is 3. The molecule has 3 amide bonds. The molecule has 0 aliphatic carbocycles. The van der Waals surface area contributed by atoms with Gasteiger partial charge in [0, 0.05) is 26.6 Å². The summed E-state index contributed by atoms with van der Waals surface area (Å²) in [5.74, 6) is -0.560. The Morgan fingerprint density at radius 2 is 1.41 bits per heavy atom. The van der Waals surface area contributed by atoms with Crippen molar-refractivity contribution in [3.8, 4) is 0 Å². The van der Waals surface area contributed by atoms with E-state index in [9.17, 15) is 14.4 Å². The third kappa shape index (κ3) is 13.4. The average molecular weight is 406 g/mol. The molecule has 0 bridgehead atoms. The molecule has 0 spiro atoms. The van der Waals surface area contributed by atoms with Gasteiger partial charge in [-0.2, -0.15) is 0 Å². The topological polar surface area (TPSA) is 96.5 Å². The number of rotatable bonds is 15. The molecular formula is C22H35N3O4. The molecule has 0 atom stereocenters. The SMILES string of the molecule is CCCCCCCCNC(=O)COCC(=O)NCc1cccc(CNC(C)=O)c1. The van der Waals surface area contributed by atoms with Crippen LogP contribution in [-0.4, -0.2) is 37.5 Å². The molecule has 0 fully saturated rings. The zero-order chi connectivity index (χ0) is 21.3. The maximum absolute atomic E-state index is 11.9. The molecular weight excluding hydrogens is 370 g/mol. The Morgan fingerprint density at radius 3 is 2.07 bits per heavy atom. The maximum Gasteiger partial charge on any atom is 0.246 e. The molecule has 1 aromatic rings. The summed E-state index contributed by atoms with van der Waals surface area (Å²) >= 11 is 0. The van der Waals surface area contributed by atoms with Gasteiger partial charge in [0.15, 0.2) is 0 Å². The standard InChI is InChI=1S/C22H35N3O4/c1-3-4-5-6-7-8-12-23-21(27)16-29-17-22(28)25-15-20-11-9-10-19(13-20)14-24-18(2)26/h9-11,13H,3-8,12,14-17H2,1-2H3,(H,23,27)(H,24,26)(H,25,28). The fourth-order valence-electron chi connectivity index (χ4n) is 2.75. The molecule has 0 heterocycles. The van der Waals surface area contributed by atoms with Crippen LogP contribution in [0.5, 0.6) is 0 Å². The third-order valence-corrected chi connectivity index (χ3v) is 4.34. The Morgan fingerprint density at radius 1 is 0.828 bits per heavy atom. The second kappa shape index (κ2) is 15.5. The van der Waals surface area contributed by atoms with Crippen molar-refractivity contribution in [3.05, 3.63) is 35.4 Å². The molecule has 0 saturated carbocycles. The van der Waals surface area contributed by atoms with Gasteiger partial charge in [-0.25, -0.2) is 0 Å². The van der Waals surface area contributed by atoms with Gasteiger partial charge in [-0.3, -0.25) is 14.4 Å². The first kappa shape index (κ1) is 24.6. The van der Waals surface area contributed by atoms with E-state index in [1.54, 1.807) is 0 Å². The minimum absolute atomic E-state index is 0.0862. The lowest BCUT2D eigenvalue weighted by molar-refractivity contribution is -0.131. The predicted molar refractivity (Wildman–Crippen MR) is 113 cm³/mol. The number of hydrogen-bond donors (Lipinski definition) is 3. The van der Waals surface area contributed by atoms with Crippen molar-refractivity contribution in [1.29, 1.82) is 0 Å². The van der Waals surface area contributed by atoms with Crippen molar-refractivity contribution in [2.75, 3.05) is 19.8 Å². The van der Waals surface area contributed by atoms with Gasteiger partial charge in [0.05, 0.1) is 0 Å². The van der Waals surface area contributed by atoms with Gasteiger partial charge in [0.25, 0.3) is 0 Å². The number of nitrogens with one attached hydrogen (secondary N) is 3. The van der Waals surface area contributed by atoms with Crippen LogP contribution in [0.15, 0.2) is 24.3 Å². The van der Waals surface area contributed by atoms with E-state index in [0.29, 0.717) is 19.6 Å². The van der Waals surface area contributed by atoms with Crippen molar-refractivity contribution in [2.45, 2.75) is 65.5 Å². The summed E-state index contributed by atoms with van der Waals surface area (Å²) in [4.78, 5) is 34.5. The molecule has 1 aromatic carbocycles. The molecule has 0 unspecified atom stereocenters. The number of ether oxygens (including phenoxy) is 1. The number of amides is 3. The molecule has 0 aliphatic rings. The largest absolute Gasteiger partial charge is 0.362 e. The Kier molecular flexibility index (Phi) is 13.2. The lowest BCUT2D eigenvalue weighted by atomic mass is 10.1. The Bertz CT molecular complexity index is 634. The van der Waals surface area contributed by atoms with Crippen molar-refractivity contribution in [2.24, 2.45) is 0 Å². The minimum atomic E-state index is -0.277. The van der Waals surface area contributed by atoms with Crippen LogP contribution >= 0.6 is 0 Å². The van der Waals surface area contributed by atoms with Crippen molar-refractivity contribution in [3.63, 3.8) is 0 Å². The highest BCUT2D eigenvalue weighted by molar-refractivity contribution is 5.79. The molecule has 0 aromatic heterocycles. The molecule has 0 saturated heterocycles. The summed E-state index contributed by atoms with van der Waals surface area (Å²) in [6.45, 7) is 4.85. The van der Waals surface area contributed by atoms with E-state index >= 15 is 0 Å². The number of carbonyl (C=O) groups is 3. The normalized spacial score (nSPS) is 10.4. The van der Waals surface area contributed by atoms with Crippen LogP contribution in [0.3, 0.4) is 0 Å². The smallest absolute Gasteiger partial charge is 0.246 e. The number of hydrogen-bond acceptors (Lipinski definition) is 4. The van der Waals surface area contributed by atoms with Gasteiger partial charge in [0.2, 0.25) is 17.7 Å². The van der Waals surface area contributed by atoms with E-state index in [2.05, 4.69) is 22.9 Å². The summed E-state index contributed by atoms with van der Waals surface area (Å²) in [7, 11) is 0. The predicted octanol–water partition coefficient (Wildman–Crippen LogP) is 2.43. The van der Waals surface area contributed by atoms with Crippen molar-refractivity contribution in [1.82, 2.24) is 16.0 Å². The molecule has 0 aliphatic heterocycles. The molecule has 29 heavy (non-hydrogen) atoms. The lowest BCUT2D eigenvalue weighted by Gasteiger charge is -2.09. The Hall–Kier alpha value is -2.41. The number of unbranched alkanes of at least 4 members (excludes halogenated alkanes) is 5. The van der Waals surface area contributed by atoms with Gasteiger partial charge < -0.3 is 20.7 Å². The van der Waals surface area contributed by atoms with E-state index in [0.717, 1.165) is 24.0 Å². The van der Waals surface area contributed by atoms with Gasteiger partial charge in [-0.15, -0.1) is 0 Å². The van der Waals surface area contributed by atoms with E-state index < -0.39 is 0 Å². The summed E-state index contributed by atoms with van der Waals surface area (Å²) in [6, 6.07) is 7.61. The zero-order valence-electron chi connectivity index (χ0n) is 17.7. The van der Waals surface area contributed by atoms with Gasteiger partial charge in [-0.05, 0) is 17.5 Å². The summed E-state index contributed by atoms with van der Waals surface area (Å²) in [5.41, 5.74) is 1.89. The second-order valence-corrected chi connectivity index (χ2v) is 7.12. The molecule has 162 valence electrons. The van der Waals surface area contributed by atoms with Crippen LogP contribution < -0.4 is 16.0 Å². The lowest BCUT2D eigenvalue weighted by Crippen LogP contribution is -2.32. The summed E-state index contributed by atoms with van der Waals surface area (Å²) in [5, 5.41) is 8.30. The van der Waals surface area contributed by atoms with Crippen molar-refractivity contribution >= 4 is 17.7 Å². The van der Waals surface area contributed by atoms with E-state index in [4.69, 9.17) is 4.74 Å². The highest BCUT2D eigenvalue weighted by atomic mass is 16.5. The average Bonchev–Trinajstić information content (AvgIpc) is 2.70. The van der Waals surface area contributed by atoms with Crippen LogP contribution in [0.1, 0.15) is 63.5 Å². The van der Waals surface area contributed by atoms with Crippen LogP contribution in [0.4, 0.5) is 0 Å². The fraction of sp³-hybridized carbons (Fsp3) is 0.591. The van der Waals surface area contributed by atoms with E-state index in [1.807, 2.05) is 24.3 Å². The molecule has 3 N–H and O–H groups in total. The Labute approximate surface area is 174 Å². The van der Waals surface area contributed by atoms with Crippen LogP contribution in [0, 0.1) is 0 Å².